The third-order valence-electron chi connectivity index (χ3n) is 3.70. The molecule has 2 rings (SSSR count). The van der Waals surface area contributed by atoms with E-state index < -0.39 is 17.7 Å². The van der Waals surface area contributed by atoms with Crippen LogP contribution in [0.1, 0.15) is 38.3 Å². The number of carbonyl (C=O) groups is 1. The number of rotatable bonds is 7. The van der Waals surface area contributed by atoms with Crippen LogP contribution in [-0.2, 0) is 4.79 Å². The molecule has 1 fully saturated rings. The predicted molar refractivity (Wildman–Crippen MR) is 77.7 cm³/mol. The van der Waals surface area contributed by atoms with Crippen LogP contribution in [0.25, 0.3) is 0 Å². The van der Waals surface area contributed by atoms with E-state index in [1.54, 1.807) is 0 Å². The molecular formula is C16H22F2N2O. The molecule has 1 atom stereocenters. The van der Waals surface area contributed by atoms with Gasteiger partial charge in [0.25, 0.3) is 0 Å². The van der Waals surface area contributed by atoms with E-state index in [1.807, 2.05) is 13.8 Å². The molecule has 5 heteroatoms. The van der Waals surface area contributed by atoms with Crippen molar-refractivity contribution in [3.63, 3.8) is 0 Å². The Kier molecular flexibility index (Phi) is 5.28. The second kappa shape index (κ2) is 6.98. The summed E-state index contributed by atoms with van der Waals surface area (Å²) in [5.74, 6) is -0.695. The first-order valence-electron chi connectivity index (χ1n) is 7.42. The first kappa shape index (κ1) is 15.9. The molecule has 0 spiro atoms. The molecule has 0 bridgehead atoms. The molecule has 21 heavy (non-hydrogen) atoms. The highest BCUT2D eigenvalue weighted by Gasteiger charge is 2.23. The summed E-state index contributed by atoms with van der Waals surface area (Å²) in [6.45, 7) is 4.87. The van der Waals surface area contributed by atoms with Crippen molar-refractivity contribution in [2.75, 3.05) is 13.1 Å². The Morgan fingerprint density at radius 2 is 2.05 bits per heavy atom. The van der Waals surface area contributed by atoms with Crippen molar-refractivity contribution in [2.24, 2.45) is 11.8 Å². The topological polar surface area (TPSA) is 41.1 Å². The normalized spacial score (nSPS) is 16.0. The van der Waals surface area contributed by atoms with Gasteiger partial charge in [0, 0.05) is 11.6 Å². The molecule has 1 aliphatic rings. The van der Waals surface area contributed by atoms with Gasteiger partial charge in [-0.05, 0) is 37.3 Å². The second-order valence-corrected chi connectivity index (χ2v) is 6.03. The Morgan fingerprint density at radius 1 is 1.33 bits per heavy atom. The number of hydrogen-bond acceptors (Lipinski definition) is 2. The molecule has 1 saturated carbocycles. The van der Waals surface area contributed by atoms with Crippen LogP contribution >= 0.6 is 0 Å². The summed E-state index contributed by atoms with van der Waals surface area (Å²) in [5.41, 5.74) is 0.321. The van der Waals surface area contributed by atoms with E-state index in [-0.39, 0.29) is 18.4 Å². The van der Waals surface area contributed by atoms with Gasteiger partial charge in [0.15, 0.2) is 0 Å². The van der Waals surface area contributed by atoms with Gasteiger partial charge >= 0.3 is 0 Å². The van der Waals surface area contributed by atoms with Crippen molar-refractivity contribution in [1.82, 2.24) is 10.6 Å². The zero-order valence-corrected chi connectivity index (χ0v) is 12.5. The monoisotopic (exact) mass is 296 g/mol. The smallest absolute Gasteiger partial charge is 0.234 e. The van der Waals surface area contributed by atoms with E-state index in [1.165, 1.54) is 25.0 Å². The van der Waals surface area contributed by atoms with Crippen molar-refractivity contribution in [2.45, 2.75) is 32.7 Å². The molecule has 1 amide bonds. The van der Waals surface area contributed by atoms with E-state index in [4.69, 9.17) is 0 Å². The molecule has 0 heterocycles. The van der Waals surface area contributed by atoms with Crippen molar-refractivity contribution < 1.29 is 13.6 Å². The lowest BCUT2D eigenvalue weighted by molar-refractivity contribution is -0.121. The summed E-state index contributed by atoms with van der Waals surface area (Å²) in [5, 5.41) is 5.92. The first-order valence-corrected chi connectivity index (χ1v) is 7.42. The van der Waals surface area contributed by atoms with Gasteiger partial charge in [0.1, 0.15) is 11.6 Å². The summed E-state index contributed by atoms with van der Waals surface area (Å²) in [7, 11) is 0. The fourth-order valence-electron chi connectivity index (χ4n) is 2.29. The maximum Gasteiger partial charge on any atom is 0.234 e. The average Bonchev–Trinajstić information content (AvgIpc) is 3.20. The highest BCUT2D eigenvalue weighted by molar-refractivity contribution is 5.78. The van der Waals surface area contributed by atoms with Gasteiger partial charge in [-0.1, -0.05) is 19.9 Å². The molecule has 0 aliphatic heterocycles. The van der Waals surface area contributed by atoms with Crippen molar-refractivity contribution in [3.05, 3.63) is 35.4 Å². The van der Waals surface area contributed by atoms with Gasteiger partial charge in [0.2, 0.25) is 5.91 Å². The lowest BCUT2D eigenvalue weighted by Crippen LogP contribution is -2.39. The minimum absolute atomic E-state index is 0.0114. The zero-order chi connectivity index (χ0) is 15.4. The van der Waals surface area contributed by atoms with Crippen molar-refractivity contribution >= 4 is 5.91 Å². The standard InChI is InChI=1S/C16H22F2N2O/c1-10(2)16(13-6-5-12(17)7-14(13)18)20-15(21)9-19-8-11-3-4-11/h5-7,10-11,16,19H,3-4,8-9H2,1-2H3,(H,20,21). The molecule has 1 aliphatic carbocycles. The van der Waals surface area contributed by atoms with Gasteiger partial charge in [0.05, 0.1) is 12.6 Å². The molecule has 1 aromatic carbocycles. The third-order valence-corrected chi connectivity index (χ3v) is 3.70. The highest BCUT2D eigenvalue weighted by atomic mass is 19.1. The fourth-order valence-corrected chi connectivity index (χ4v) is 2.29. The second-order valence-electron chi connectivity index (χ2n) is 6.03. The number of carbonyl (C=O) groups excluding carboxylic acids is 1. The lowest BCUT2D eigenvalue weighted by atomic mass is 9.95. The van der Waals surface area contributed by atoms with Crippen LogP contribution in [0.2, 0.25) is 0 Å². The van der Waals surface area contributed by atoms with Gasteiger partial charge < -0.3 is 10.6 Å². The Morgan fingerprint density at radius 3 is 2.62 bits per heavy atom. The Bertz CT molecular complexity index is 501. The van der Waals surface area contributed by atoms with Gasteiger partial charge in [-0.25, -0.2) is 8.78 Å². The molecule has 0 aromatic heterocycles. The van der Waals surface area contributed by atoms with Crippen LogP contribution in [0, 0.1) is 23.5 Å². The SMILES string of the molecule is CC(C)C(NC(=O)CNCC1CC1)c1ccc(F)cc1F. The Hall–Kier alpha value is -1.49. The molecule has 0 saturated heterocycles. The molecule has 0 radical (unpaired) electrons. The van der Waals surface area contributed by atoms with E-state index in [2.05, 4.69) is 10.6 Å². The molecular weight excluding hydrogens is 274 g/mol. The lowest BCUT2D eigenvalue weighted by Gasteiger charge is -2.23. The number of nitrogens with one attached hydrogen (secondary N) is 2. The number of hydrogen-bond donors (Lipinski definition) is 2. The van der Waals surface area contributed by atoms with Crippen LogP contribution in [0.3, 0.4) is 0 Å². The van der Waals surface area contributed by atoms with Crippen molar-refractivity contribution in [3.8, 4) is 0 Å². The minimum Gasteiger partial charge on any atom is -0.348 e. The van der Waals surface area contributed by atoms with E-state index in [0.717, 1.165) is 12.6 Å². The van der Waals surface area contributed by atoms with Crippen LogP contribution in [0.15, 0.2) is 18.2 Å². The molecule has 1 aromatic rings. The number of amides is 1. The van der Waals surface area contributed by atoms with Gasteiger partial charge in [-0.15, -0.1) is 0 Å². The van der Waals surface area contributed by atoms with Crippen molar-refractivity contribution in [1.29, 1.82) is 0 Å². The van der Waals surface area contributed by atoms with Crippen LogP contribution in [0.5, 0.6) is 0 Å². The molecule has 116 valence electrons. The Labute approximate surface area is 124 Å². The zero-order valence-electron chi connectivity index (χ0n) is 12.5. The van der Waals surface area contributed by atoms with Crippen LogP contribution in [-0.4, -0.2) is 19.0 Å². The third kappa shape index (κ3) is 4.77. The largest absolute Gasteiger partial charge is 0.348 e. The molecule has 3 nitrogen and oxygen atoms in total. The van der Waals surface area contributed by atoms with E-state index in [0.29, 0.717) is 11.5 Å². The number of halogens is 2. The quantitative estimate of drug-likeness (QED) is 0.812. The summed E-state index contributed by atoms with van der Waals surface area (Å²) in [6.07, 6.45) is 2.45. The maximum absolute atomic E-state index is 13.9. The minimum atomic E-state index is -0.625. The summed E-state index contributed by atoms with van der Waals surface area (Å²) >= 11 is 0. The predicted octanol–water partition coefficient (Wildman–Crippen LogP) is 2.78. The summed E-state index contributed by atoms with van der Waals surface area (Å²) in [6, 6.07) is 3.00. The van der Waals surface area contributed by atoms with E-state index in [9.17, 15) is 13.6 Å². The van der Waals surface area contributed by atoms with Gasteiger partial charge in [-0.3, -0.25) is 4.79 Å². The average molecular weight is 296 g/mol. The fraction of sp³-hybridized carbons (Fsp3) is 0.562. The van der Waals surface area contributed by atoms with E-state index >= 15 is 0 Å². The van der Waals surface area contributed by atoms with Crippen LogP contribution < -0.4 is 10.6 Å². The Balaban J connectivity index is 1.95. The van der Waals surface area contributed by atoms with Gasteiger partial charge in [-0.2, -0.15) is 0 Å². The summed E-state index contributed by atoms with van der Waals surface area (Å²) in [4.78, 5) is 11.9. The summed E-state index contributed by atoms with van der Waals surface area (Å²) < 4.78 is 26.9. The van der Waals surface area contributed by atoms with Crippen LogP contribution in [0.4, 0.5) is 8.78 Å². The highest BCUT2D eigenvalue weighted by Crippen LogP contribution is 2.27. The molecule has 2 N–H and O–H groups in total. The number of benzene rings is 1. The molecule has 1 unspecified atom stereocenters. The first-order chi connectivity index (χ1) is 9.97. The maximum atomic E-state index is 13.9.